The van der Waals surface area contributed by atoms with Gasteiger partial charge in [-0.3, -0.25) is 0 Å². The Hall–Kier alpha value is -0.900. The van der Waals surface area contributed by atoms with E-state index in [2.05, 4.69) is 17.4 Å². The Morgan fingerprint density at radius 1 is 1.29 bits per heavy atom. The second-order valence-corrected chi connectivity index (χ2v) is 4.73. The highest BCUT2D eigenvalue weighted by molar-refractivity contribution is 5.27. The van der Waals surface area contributed by atoms with Gasteiger partial charge in [0.25, 0.3) is 0 Å². The first-order valence-electron chi connectivity index (χ1n) is 6.28. The lowest BCUT2D eigenvalue weighted by molar-refractivity contribution is 0.0439. The minimum absolute atomic E-state index is 0.569. The fraction of sp³-hybridized carbons (Fsp3) is 0.500. The van der Waals surface area contributed by atoms with E-state index < -0.39 is 5.60 Å². The van der Waals surface area contributed by atoms with Gasteiger partial charge in [-0.05, 0) is 36.9 Å². The SMILES string of the molecule is NCc1ccccc1CCC1(O)[CH]CNCC1. The summed E-state index contributed by atoms with van der Waals surface area (Å²) in [4.78, 5) is 0. The minimum atomic E-state index is -0.604. The lowest BCUT2D eigenvalue weighted by atomic mass is 9.86. The molecule has 1 unspecified atom stereocenters. The number of hydrogen-bond donors (Lipinski definition) is 3. The molecule has 1 fully saturated rings. The second-order valence-electron chi connectivity index (χ2n) is 4.73. The van der Waals surface area contributed by atoms with Crippen molar-refractivity contribution >= 4 is 0 Å². The molecule has 1 saturated heterocycles. The molecular weight excluding hydrogens is 212 g/mol. The van der Waals surface area contributed by atoms with E-state index in [0.717, 1.165) is 32.4 Å². The standard InChI is InChI=1S/C14H21N2O/c15-11-13-4-2-1-3-12(13)5-6-14(17)7-9-16-10-8-14/h1-4,7,16-17H,5-6,8-11,15H2. The lowest BCUT2D eigenvalue weighted by Gasteiger charge is -2.32. The molecule has 0 aromatic heterocycles. The van der Waals surface area contributed by atoms with Gasteiger partial charge in [0, 0.05) is 19.5 Å². The zero-order chi connectivity index (χ0) is 12.1. The molecule has 0 amide bonds. The van der Waals surface area contributed by atoms with Crippen molar-refractivity contribution in [2.75, 3.05) is 13.1 Å². The summed E-state index contributed by atoms with van der Waals surface area (Å²) >= 11 is 0. The fourth-order valence-electron chi connectivity index (χ4n) is 2.35. The molecule has 1 atom stereocenters. The maximum absolute atomic E-state index is 10.4. The fourth-order valence-corrected chi connectivity index (χ4v) is 2.35. The van der Waals surface area contributed by atoms with E-state index in [4.69, 9.17) is 5.73 Å². The van der Waals surface area contributed by atoms with Crippen molar-refractivity contribution < 1.29 is 5.11 Å². The van der Waals surface area contributed by atoms with E-state index in [1.54, 1.807) is 0 Å². The van der Waals surface area contributed by atoms with Crippen LogP contribution < -0.4 is 11.1 Å². The van der Waals surface area contributed by atoms with E-state index >= 15 is 0 Å². The van der Waals surface area contributed by atoms with E-state index in [0.29, 0.717) is 6.54 Å². The molecule has 0 saturated carbocycles. The number of nitrogens with one attached hydrogen (secondary N) is 1. The van der Waals surface area contributed by atoms with Gasteiger partial charge < -0.3 is 16.2 Å². The van der Waals surface area contributed by atoms with Crippen LogP contribution in [0, 0.1) is 6.42 Å². The van der Waals surface area contributed by atoms with E-state index in [1.807, 2.05) is 18.6 Å². The number of nitrogens with two attached hydrogens (primary N) is 1. The average molecular weight is 233 g/mol. The monoisotopic (exact) mass is 233 g/mol. The van der Waals surface area contributed by atoms with Gasteiger partial charge in [-0.2, -0.15) is 0 Å². The Kier molecular flexibility index (Phi) is 4.15. The van der Waals surface area contributed by atoms with E-state index in [1.165, 1.54) is 11.1 Å². The Morgan fingerprint density at radius 2 is 2.06 bits per heavy atom. The molecule has 0 aliphatic carbocycles. The molecule has 0 spiro atoms. The summed E-state index contributed by atoms with van der Waals surface area (Å²) in [5.41, 5.74) is 7.55. The van der Waals surface area contributed by atoms with Crippen LogP contribution in [0.3, 0.4) is 0 Å². The summed E-state index contributed by atoms with van der Waals surface area (Å²) in [7, 11) is 0. The van der Waals surface area contributed by atoms with Crippen LogP contribution in [0.5, 0.6) is 0 Å². The molecular formula is C14H21N2O. The molecule has 2 rings (SSSR count). The predicted octanol–water partition coefficient (Wildman–Crippen LogP) is 1.01. The molecule has 1 aliphatic rings. The van der Waals surface area contributed by atoms with E-state index in [9.17, 15) is 5.11 Å². The molecule has 1 aromatic rings. The van der Waals surface area contributed by atoms with Crippen molar-refractivity contribution in [2.24, 2.45) is 5.73 Å². The third-order valence-corrected chi connectivity index (χ3v) is 3.53. The van der Waals surface area contributed by atoms with Crippen LogP contribution in [0.25, 0.3) is 0 Å². The van der Waals surface area contributed by atoms with Crippen LogP contribution >= 0.6 is 0 Å². The highest BCUT2D eigenvalue weighted by Crippen LogP contribution is 2.24. The van der Waals surface area contributed by atoms with Gasteiger partial charge in [0.2, 0.25) is 0 Å². The first kappa shape index (κ1) is 12.6. The second kappa shape index (κ2) is 5.63. The number of rotatable bonds is 4. The quantitative estimate of drug-likeness (QED) is 0.727. The maximum Gasteiger partial charge on any atom is 0.0707 e. The molecule has 3 nitrogen and oxygen atoms in total. The number of aryl methyl sites for hydroxylation is 1. The molecule has 3 heteroatoms. The van der Waals surface area contributed by atoms with Crippen LogP contribution in [-0.4, -0.2) is 23.8 Å². The predicted molar refractivity (Wildman–Crippen MR) is 69.4 cm³/mol. The van der Waals surface area contributed by atoms with Gasteiger partial charge in [-0.25, -0.2) is 0 Å². The largest absolute Gasteiger partial charge is 0.389 e. The van der Waals surface area contributed by atoms with Gasteiger partial charge >= 0.3 is 0 Å². The smallest absolute Gasteiger partial charge is 0.0707 e. The maximum atomic E-state index is 10.4. The third-order valence-electron chi connectivity index (χ3n) is 3.53. The van der Waals surface area contributed by atoms with Crippen LogP contribution in [0.4, 0.5) is 0 Å². The summed E-state index contributed by atoms with van der Waals surface area (Å²) in [5.74, 6) is 0. The zero-order valence-electron chi connectivity index (χ0n) is 10.2. The van der Waals surface area contributed by atoms with Crippen LogP contribution in [0.1, 0.15) is 24.0 Å². The lowest BCUT2D eigenvalue weighted by Crippen LogP contribution is -2.42. The summed E-state index contributed by atoms with van der Waals surface area (Å²) < 4.78 is 0. The van der Waals surface area contributed by atoms with Crippen molar-refractivity contribution in [2.45, 2.75) is 31.4 Å². The van der Waals surface area contributed by atoms with Crippen LogP contribution in [-0.2, 0) is 13.0 Å². The minimum Gasteiger partial charge on any atom is -0.389 e. The van der Waals surface area contributed by atoms with Gasteiger partial charge in [0.15, 0.2) is 0 Å². The van der Waals surface area contributed by atoms with Crippen molar-refractivity contribution in [3.8, 4) is 0 Å². The molecule has 93 valence electrons. The summed E-state index contributed by atoms with van der Waals surface area (Å²) in [6.07, 6.45) is 4.46. The molecule has 1 aromatic carbocycles. The summed E-state index contributed by atoms with van der Waals surface area (Å²) in [6, 6.07) is 8.21. The van der Waals surface area contributed by atoms with Gasteiger partial charge in [-0.15, -0.1) is 0 Å². The molecule has 1 aliphatic heterocycles. The summed E-state index contributed by atoms with van der Waals surface area (Å²) in [5, 5.41) is 13.6. The Labute approximate surface area is 103 Å². The highest BCUT2D eigenvalue weighted by atomic mass is 16.3. The number of piperidine rings is 1. The highest BCUT2D eigenvalue weighted by Gasteiger charge is 2.28. The average Bonchev–Trinajstić information content (AvgIpc) is 2.38. The third kappa shape index (κ3) is 3.28. The molecule has 0 bridgehead atoms. The first-order chi connectivity index (χ1) is 8.23. The first-order valence-corrected chi connectivity index (χ1v) is 6.28. The Bertz CT molecular complexity index is 359. The van der Waals surface area contributed by atoms with Gasteiger partial charge in [0.1, 0.15) is 0 Å². The topological polar surface area (TPSA) is 58.3 Å². The van der Waals surface area contributed by atoms with Gasteiger partial charge in [0.05, 0.1) is 5.60 Å². The number of hydrogen-bond acceptors (Lipinski definition) is 3. The zero-order valence-corrected chi connectivity index (χ0v) is 10.2. The normalized spacial score (nSPS) is 19.2. The molecule has 17 heavy (non-hydrogen) atoms. The molecule has 1 radical (unpaired) electrons. The van der Waals surface area contributed by atoms with Crippen molar-refractivity contribution in [3.05, 3.63) is 41.8 Å². The number of aliphatic hydroxyl groups is 1. The molecule has 1 heterocycles. The Balaban J connectivity index is 1.96. The van der Waals surface area contributed by atoms with E-state index in [-0.39, 0.29) is 0 Å². The Morgan fingerprint density at radius 3 is 2.71 bits per heavy atom. The van der Waals surface area contributed by atoms with Crippen molar-refractivity contribution in [1.29, 1.82) is 0 Å². The van der Waals surface area contributed by atoms with Crippen LogP contribution in [0.15, 0.2) is 24.3 Å². The summed E-state index contributed by atoms with van der Waals surface area (Å²) in [6.45, 7) is 2.26. The van der Waals surface area contributed by atoms with Crippen LogP contribution in [0.2, 0.25) is 0 Å². The van der Waals surface area contributed by atoms with Crippen molar-refractivity contribution in [3.63, 3.8) is 0 Å². The number of benzene rings is 1. The van der Waals surface area contributed by atoms with Crippen molar-refractivity contribution in [1.82, 2.24) is 5.32 Å². The van der Waals surface area contributed by atoms with Gasteiger partial charge in [-0.1, -0.05) is 24.3 Å². The molecule has 4 N–H and O–H groups in total.